The van der Waals surface area contributed by atoms with Crippen LogP contribution in [0.1, 0.15) is 25.3 Å². The van der Waals surface area contributed by atoms with Gasteiger partial charge in [-0.2, -0.15) is 0 Å². The summed E-state index contributed by atoms with van der Waals surface area (Å²) in [5.41, 5.74) is 7.57. The molecule has 1 aromatic carbocycles. The van der Waals surface area contributed by atoms with Gasteiger partial charge in [-0.05, 0) is 36.5 Å². The van der Waals surface area contributed by atoms with Crippen LogP contribution in [0.2, 0.25) is 0 Å². The summed E-state index contributed by atoms with van der Waals surface area (Å²) >= 11 is 0. The number of halogens is 2. The van der Waals surface area contributed by atoms with Gasteiger partial charge < -0.3 is 20.3 Å². The van der Waals surface area contributed by atoms with Crippen molar-refractivity contribution in [2.45, 2.75) is 26.3 Å². The molecule has 0 saturated carbocycles. The monoisotopic (exact) mass is 462 g/mol. The van der Waals surface area contributed by atoms with E-state index >= 15 is 0 Å². The van der Waals surface area contributed by atoms with Crippen molar-refractivity contribution in [1.82, 2.24) is 4.90 Å². The van der Waals surface area contributed by atoms with Gasteiger partial charge in [0.25, 0.3) is 0 Å². The van der Waals surface area contributed by atoms with E-state index in [1.54, 1.807) is 6.07 Å². The predicted molar refractivity (Wildman–Crippen MR) is 110 cm³/mol. The lowest BCUT2D eigenvalue weighted by Gasteiger charge is -2.31. The summed E-state index contributed by atoms with van der Waals surface area (Å²) in [6, 6.07) is 5.34. The van der Waals surface area contributed by atoms with Crippen LogP contribution in [0.5, 0.6) is 0 Å². The van der Waals surface area contributed by atoms with Crippen molar-refractivity contribution < 1.29 is 9.13 Å². The molecule has 0 radical (unpaired) electrons. The number of piperidine rings is 1. The van der Waals surface area contributed by atoms with Gasteiger partial charge in [-0.15, -0.1) is 24.0 Å². The molecule has 5 nitrogen and oxygen atoms in total. The molecule has 2 saturated heterocycles. The maximum Gasteiger partial charge on any atom is 0.191 e. The molecule has 2 N–H and O–H groups in total. The van der Waals surface area contributed by atoms with E-state index in [0.29, 0.717) is 31.4 Å². The smallest absolute Gasteiger partial charge is 0.191 e. The number of guanidine groups is 1. The van der Waals surface area contributed by atoms with Crippen molar-refractivity contribution in [3.05, 3.63) is 29.6 Å². The molecule has 140 valence electrons. The third-order valence-electron chi connectivity index (χ3n) is 4.90. The van der Waals surface area contributed by atoms with Gasteiger partial charge in [0, 0.05) is 26.2 Å². The van der Waals surface area contributed by atoms with E-state index in [-0.39, 0.29) is 29.8 Å². The lowest BCUT2D eigenvalue weighted by atomic mass is 10.00. The summed E-state index contributed by atoms with van der Waals surface area (Å²) in [7, 11) is 0. The first-order valence-electron chi connectivity index (χ1n) is 8.79. The average molecular weight is 462 g/mol. The number of nitrogens with zero attached hydrogens (tertiary/aromatic N) is 3. The Balaban J connectivity index is 0.00000225. The summed E-state index contributed by atoms with van der Waals surface area (Å²) in [6.07, 6.45) is 2.30. The Kier molecular flexibility index (Phi) is 7.74. The lowest BCUT2D eigenvalue weighted by molar-refractivity contribution is 0.122. The van der Waals surface area contributed by atoms with Gasteiger partial charge in [-0.25, -0.2) is 9.38 Å². The Hall–Kier alpha value is -1.09. The maximum absolute atomic E-state index is 14.4. The zero-order valence-corrected chi connectivity index (χ0v) is 17.1. The summed E-state index contributed by atoms with van der Waals surface area (Å²) < 4.78 is 19.7. The van der Waals surface area contributed by atoms with Crippen LogP contribution in [-0.4, -0.2) is 50.3 Å². The van der Waals surface area contributed by atoms with Gasteiger partial charge in [0.15, 0.2) is 5.96 Å². The number of aliphatic imine (C=N–C) groups is 1. The number of nitrogens with two attached hydrogens (primary N) is 1. The highest BCUT2D eigenvalue weighted by Gasteiger charge is 2.17. The first-order chi connectivity index (χ1) is 11.6. The number of likely N-dealkylation sites (tertiary alicyclic amines) is 1. The number of ether oxygens (including phenoxy) is 1. The van der Waals surface area contributed by atoms with Crippen molar-refractivity contribution in [1.29, 1.82) is 0 Å². The van der Waals surface area contributed by atoms with Crippen LogP contribution in [0, 0.1) is 11.7 Å². The molecule has 0 bridgehead atoms. The molecule has 0 spiro atoms. The van der Waals surface area contributed by atoms with Crippen LogP contribution in [0.15, 0.2) is 23.2 Å². The number of hydrogen-bond acceptors (Lipinski definition) is 3. The first kappa shape index (κ1) is 20.2. The Morgan fingerprint density at radius 1 is 1.24 bits per heavy atom. The summed E-state index contributed by atoms with van der Waals surface area (Å²) in [5, 5.41) is 0. The average Bonchev–Trinajstić information content (AvgIpc) is 2.61. The molecule has 2 aliphatic heterocycles. The zero-order valence-electron chi connectivity index (χ0n) is 14.8. The van der Waals surface area contributed by atoms with E-state index in [4.69, 9.17) is 10.5 Å². The molecule has 25 heavy (non-hydrogen) atoms. The molecule has 0 unspecified atom stereocenters. The third-order valence-corrected chi connectivity index (χ3v) is 4.90. The Labute approximate surface area is 166 Å². The Bertz CT molecular complexity index is 584. The van der Waals surface area contributed by atoms with E-state index in [0.717, 1.165) is 50.5 Å². The Morgan fingerprint density at radius 3 is 2.56 bits per heavy atom. The fourth-order valence-electron chi connectivity index (χ4n) is 3.22. The fraction of sp³-hybridized carbons (Fsp3) is 0.611. The largest absolute Gasteiger partial charge is 0.378 e. The second-order valence-electron chi connectivity index (χ2n) is 6.73. The second-order valence-corrected chi connectivity index (χ2v) is 6.73. The highest BCUT2D eigenvalue weighted by molar-refractivity contribution is 14.0. The van der Waals surface area contributed by atoms with Gasteiger partial charge in [0.1, 0.15) is 5.82 Å². The predicted octanol–water partition coefficient (Wildman–Crippen LogP) is 2.83. The summed E-state index contributed by atoms with van der Waals surface area (Å²) in [4.78, 5) is 8.59. The van der Waals surface area contributed by atoms with E-state index in [2.05, 4.69) is 16.8 Å². The Morgan fingerprint density at radius 2 is 1.92 bits per heavy atom. The van der Waals surface area contributed by atoms with Gasteiger partial charge in [0.2, 0.25) is 0 Å². The van der Waals surface area contributed by atoms with E-state index in [1.165, 1.54) is 0 Å². The fourth-order valence-corrected chi connectivity index (χ4v) is 3.22. The summed E-state index contributed by atoms with van der Waals surface area (Å²) in [5.74, 6) is 1.13. The van der Waals surface area contributed by atoms with Gasteiger partial charge in [0.05, 0.1) is 25.4 Å². The number of hydrogen-bond donors (Lipinski definition) is 1. The molecule has 0 amide bonds. The number of morpholine rings is 1. The number of anilines is 1. The molecule has 0 aromatic heterocycles. The molecule has 1 aromatic rings. The van der Waals surface area contributed by atoms with Crippen LogP contribution in [0.3, 0.4) is 0 Å². The molecule has 2 fully saturated rings. The third kappa shape index (κ3) is 5.44. The quantitative estimate of drug-likeness (QED) is 0.427. The molecule has 0 atom stereocenters. The van der Waals surface area contributed by atoms with E-state index in [1.807, 2.05) is 17.0 Å². The molecule has 2 aliphatic rings. The van der Waals surface area contributed by atoms with Crippen LogP contribution >= 0.6 is 24.0 Å². The van der Waals surface area contributed by atoms with E-state index < -0.39 is 0 Å². The van der Waals surface area contributed by atoms with Gasteiger partial charge in [-0.1, -0.05) is 13.0 Å². The van der Waals surface area contributed by atoms with Crippen LogP contribution in [-0.2, 0) is 11.3 Å². The molecule has 2 heterocycles. The second kappa shape index (κ2) is 9.56. The minimum atomic E-state index is -0.199. The highest BCUT2D eigenvalue weighted by Crippen LogP contribution is 2.22. The topological polar surface area (TPSA) is 54.1 Å². The standard InChI is InChI=1S/C18H27FN4O.HI/c1-14-4-6-23(7-5-14)18(20)21-13-15-2-3-17(16(19)12-15)22-8-10-24-11-9-22;/h2-3,12,14H,4-11,13H2,1H3,(H2,20,21);1H. The number of rotatable bonds is 3. The van der Waals surface area contributed by atoms with Crippen LogP contribution in [0.4, 0.5) is 10.1 Å². The van der Waals surface area contributed by atoms with Crippen molar-refractivity contribution >= 4 is 35.6 Å². The van der Waals surface area contributed by atoms with E-state index in [9.17, 15) is 4.39 Å². The van der Waals surface area contributed by atoms with Crippen LogP contribution in [0.25, 0.3) is 0 Å². The molecule has 3 rings (SSSR count). The van der Waals surface area contributed by atoms with Crippen molar-refractivity contribution in [3.63, 3.8) is 0 Å². The lowest BCUT2D eigenvalue weighted by Crippen LogP contribution is -2.42. The van der Waals surface area contributed by atoms with Crippen LogP contribution < -0.4 is 10.6 Å². The van der Waals surface area contributed by atoms with Crippen molar-refractivity contribution in [3.8, 4) is 0 Å². The maximum atomic E-state index is 14.4. The molecular formula is C18H28FIN4O. The zero-order chi connectivity index (χ0) is 16.9. The normalized spacial score (nSPS) is 19.7. The first-order valence-corrected chi connectivity index (χ1v) is 8.79. The van der Waals surface area contributed by atoms with Crippen molar-refractivity contribution in [2.24, 2.45) is 16.6 Å². The SMILES string of the molecule is CC1CCN(C(N)=NCc2ccc(N3CCOCC3)c(F)c2)CC1.I. The summed E-state index contributed by atoms with van der Waals surface area (Å²) in [6.45, 7) is 7.36. The molecular weight excluding hydrogens is 434 g/mol. The minimum absolute atomic E-state index is 0. The van der Waals surface area contributed by atoms with Gasteiger partial charge >= 0.3 is 0 Å². The molecule has 7 heteroatoms. The molecule has 0 aliphatic carbocycles. The minimum Gasteiger partial charge on any atom is -0.378 e. The highest BCUT2D eigenvalue weighted by atomic mass is 127. The van der Waals surface area contributed by atoms with Gasteiger partial charge in [-0.3, -0.25) is 0 Å². The van der Waals surface area contributed by atoms with Crippen molar-refractivity contribution in [2.75, 3.05) is 44.3 Å². The number of benzene rings is 1.